The van der Waals surface area contributed by atoms with Gasteiger partial charge in [-0.15, -0.1) is 0 Å². The maximum absolute atomic E-state index is 13.9. The summed E-state index contributed by atoms with van der Waals surface area (Å²) in [4.78, 5) is 6.27. The van der Waals surface area contributed by atoms with Crippen LogP contribution >= 0.6 is 0 Å². The lowest BCUT2D eigenvalue weighted by Gasteiger charge is -2.22. The fourth-order valence-electron chi connectivity index (χ4n) is 2.92. The highest BCUT2D eigenvalue weighted by Crippen LogP contribution is 2.41. The molecule has 2 unspecified atom stereocenters. The molecule has 1 aliphatic rings. The molecule has 5 heteroatoms. The Labute approximate surface area is 141 Å². The largest absolute Gasteiger partial charge is 0.353 e. The molecule has 3 nitrogen and oxygen atoms in total. The second-order valence-corrected chi connectivity index (χ2v) is 6.14. The highest BCUT2D eigenvalue weighted by molar-refractivity contribution is 5.80. The molecule has 0 radical (unpaired) electrons. The lowest BCUT2D eigenvalue weighted by Crippen LogP contribution is -2.40. The van der Waals surface area contributed by atoms with Crippen molar-refractivity contribution in [2.75, 3.05) is 14.1 Å². The van der Waals surface area contributed by atoms with Gasteiger partial charge in [-0.2, -0.15) is 0 Å². The van der Waals surface area contributed by atoms with Gasteiger partial charge in [0.05, 0.1) is 0 Å². The summed E-state index contributed by atoms with van der Waals surface area (Å²) in [6.07, 6.45) is 0.893. The van der Waals surface area contributed by atoms with E-state index in [2.05, 4.69) is 10.3 Å². The molecule has 1 N–H and O–H groups in total. The fraction of sp³-hybridized carbons (Fsp3) is 0.316. The molecule has 0 aliphatic heterocycles. The molecular weight excluding hydrogens is 308 g/mol. The topological polar surface area (TPSA) is 27.6 Å². The van der Waals surface area contributed by atoms with E-state index in [9.17, 15) is 8.78 Å². The molecule has 0 spiro atoms. The molecule has 0 saturated heterocycles. The Morgan fingerprint density at radius 1 is 1.17 bits per heavy atom. The average Bonchev–Trinajstić information content (AvgIpc) is 3.34. The van der Waals surface area contributed by atoms with Crippen molar-refractivity contribution in [2.45, 2.75) is 24.9 Å². The normalized spacial score (nSPS) is 19.9. The van der Waals surface area contributed by atoms with Gasteiger partial charge in [0.2, 0.25) is 0 Å². The zero-order valence-electron chi connectivity index (χ0n) is 13.8. The van der Waals surface area contributed by atoms with Crippen LogP contribution in [-0.2, 0) is 6.54 Å². The molecule has 2 aromatic carbocycles. The van der Waals surface area contributed by atoms with Crippen LogP contribution in [0.25, 0.3) is 0 Å². The Hall–Kier alpha value is -2.43. The van der Waals surface area contributed by atoms with Crippen LogP contribution in [0.2, 0.25) is 0 Å². The second kappa shape index (κ2) is 6.99. The summed E-state index contributed by atoms with van der Waals surface area (Å²) < 4.78 is 26.8. The van der Waals surface area contributed by atoms with E-state index < -0.39 is 0 Å². The quantitative estimate of drug-likeness (QED) is 0.686. The minimum Gasteiger partial charge on any atom is -0.353 e. The maximum atomic E-state index is 13.9. The molecule has 0 heterocycles. The van der Waals surface area contributed by atoms with Crippen molar-refractivity contribution in [3.8, 4) is 0 Å². The second-order valence-electron chi connectivity index (χ2n) is 6.14. The minimum atomic E-state index is -0.241. The number of nitrogens with one attached hydrogen (secondary N) is 1. The fourth-order valence-corrected chi connectivity index (χ4v) is 2.92. The van der Waals surface area contributed by atoms with Gasteiger partial charge in [-0.25, -0.2) is 8.78 Å². The summed E-state index contributed by atoms with van der Waals surface area (Å²) in [5, 5.41) is 3.38. The van der Waals surface area contributed by atoms with Crippen LogP contribution in [0.15, 0.2) is 53.5 Å². The van der Waals surface area contributed by atoms with Crippen LogP contribution in [0.1, 0.15) is 23.5 Å². The Morgan fingerprint density at radius 2 is 1.88 bits per heavy atom. The van der Waals surface area contributed by atoms with Crippen LogP contribution in [0, 0.1) is 11.6 Å². The van der Waals surface area contributed by atoms with Crippen molar-refractivity contribution in [2.24, 2.45) is 4.99 Å². The third kappa shape index (κ3) is 3.72. The number of aliphatic imine (C=N–C) groups is 1. The van der Waals surface area contributed by atoms with Gasteiger partial charge in [-0.1, -0.05) is 30.3 Å². The molecule has 1 aliphatic carbocycles. The smallest absolute Gasteiger partial charge is 0.193 e. The van der Waals surface area contributed by atoms with Crippen LogP contribution in [0.4, 0.5) is 8.78 Å². The van der Waals surface area contributed by atoms with E-state index in [4.69, 9.17) is 0 Å². The Balaban J connectivity index is 1.60. The summed E-state index contributed by atoms with van der Waals surface area (Å²) in [7, 11) is 3.66. The Kier molecular flexibility index (Phi) is 4.79. The number of nitrogens with zero attached hydrogens (tertiary/aromatic N) is 2. The predicted molar refractivity (Wildman–Crippen MR) is 91.9 cm³/mol. The summed E-state index contributed by atoms with van der Waals surface area (Å²) in [5.74, 6) is 0.543. The third-order valence-corrected chi connectivity index (χ3v) is 4.32. The van der Waals surface area contributed by atoms with Crippen molar-refractivity contribution >= 4 is 5.96 Å². The molecule has 1 saturated carbocycles. The SMILES string of the molecule is CN=C(NC1CC1c1ccccc1F)N(C)Cc1ccc(F)cc1. The lowest BCUT2D eigenvalue weighted by molar-refractivity contribution is 0.474. The van der Waals surface area contributed by atoms with Gasteiger partial charge >= 0.3 is 0 Å². The third-order valence-electron chi connectivity index (χ3n) is 4.32. The van der Waals surface area contributed by atoms with Crippen molar-refractivity contribution in [1.82, 2.24) is 10.2 Å². The van der Waals surface area contributed by atoms with Gasteiger partial charge in [0.1, 0.15) is 11.6 Å². The van der Waals surface area contributed by atoms with E-state index in [-0.39, 0.29) is 23.6 Å². The minimum absolute atomic E-state index is 0.151. The van der Waals surface area contributed by atoms with E-state index in [1.54, 1.807) is 25.2 Å². The van der Waals surface area contributed by atoms with Gasteiger partial charge in [-0.3, -0.25) is 4.99 Å². The number of guanidine groups is 1. The van der Waals surface area contributed by atoms with Crippen molar-refractivity contribution in [1.29, 1.82) is 0 Å². The molecule has 1 fully saturated rings. The molecule has 24 heavy (non-hydrogen) atoms. The molecule has 0 amide bonds. The van der Waals surface area contributed by atoms with Gasteiger partial charge in [0, 0.05) is 32.6 Å². The van der Waals surface area contributed by atoms with Crippen LogP contribution in [0.3, 0.4) is 0 Å². The molecule has 0 bridgehead atoms. The van der Waals surface area contributed by atoms with Crippen molar-refractivity contribution in [3.63, 3.8) is 0 Å². The number of rotatable bonds is 4. The van der Waals surface area contributed by atoms with E-state index >= 15 is 0 Å². The summed E-state index contributed by atoms with van der Waals surface area (Å²) >= 11 is 0. The monoisotopic (exact) mass is 329 g/mol. The molecule has 3 rings (SSSR count). The first kappa shape index (κ1) is 16.4. The molecule has 2 atom stereocenters. The van der Waals surface area contributed by atoms with Gasteiger partial charge in [-0.05, 0) is 35.7 Å². The summed E-state index contributed by atoms with van der Waals surface area (Å²) in [6, 6.07) is 13.5. The lowest BCUT2D eigenvalue weighted by atomic mass is 10.1. The standard InChI is InChI=1S/C19H21F2N3/c1-22-19(24(2)12-13-7-9-14(20)10-8-13)23-18-11-16(18)15-5-3-4-6-17(15)21/h3-10,16,18H,11-12H2,1-2H3,(H,22,23). The Bertz CT molecular complexity index is 728. The van der Waals surface area contributed by atoms with Crippen LogP contribution < -0.4 is 5.32 Å². The molecule has 0 aromatic heterocycles. The maximum Gasteiger partial charge on any atom is 0.193 e. The van der Waals surface area contributed by atoms with Crippen LogP contribution in [-0.4, -0.2) is 31.0 Å². The van der Waals surface area contributed by atoms with Crippen molar-refractivity contribution in [3.05, 3.63) is 71.3 Å². The molecule has 126 valence electrons. The van der Waals surface area contributed by atoms with Crippen molar-refractivity contribution < 1.29 is 8.78 Å². The highest BCUT2D eigenvalue weighted by atomic mass is 19.1. The first-order valence-corrected chi connectivity index (χ1v) is 8.02. The first-order chi connectivity index (χ1) is 11.6. The number of hydrogen-bond donors (Lipinski definition) is 1. The molecular formula is C19H21F2N3. The number of hydrogen-bond acceptors (Lipinski definition) is 1. The number of benzene rings is 2. The zero-order chi connectivity index (χ0) is 17.1. The van der Waals surface area contributed by atoms with Crippen LogP contribution in [0.5, 0.6) is 0 Å². The predicted octanol–water partition coefficient (Wildman–Crippen LogP) is 3.53. The van der Waals surface area contributed by atoms with Gasteiger partial charge < -0.3 is 10.2 Å². The van der Waals surface area contributed by atoms with Gasteiger partial charge in [0.25, 0.3) is 0 Å². The van der Waals surface area contributed by atoms with Gasteiger partial charge in [0.15, 0.2) is 5.96 Å². The first-order valence-electron chi connectivity index (χ1n) is 8.02. The highest BCUT2D eigenvalue weighted by Gasteiger charge is 2.40. The number of halogens is 2. The summed E-state index contributed by atoms with van der Waals surface area (Å²) in [6.45, 7) is 0.622. The average molecular weight is 329 g/mol. The summed E-state index contributed by atoms with van der Waals surface area (Å²) in [5.41, 5.74) is 1.76. The van der Waals surface area contributed by atoms with E-state index in [0.717, 1.165) is 23.5 Å². The zero-order valence-corrected chi connectivity index (χ0v) is 13.8. The van der Waals surface area contributed by atoms with E-state index in [1.807, 2.05) is 24.1 Å². The Morgan fingerprint density at radius 3 is 2.54 bits per heavy atom. The van der Waals surface area contributed by atoms with E-state index in [1.165, 1.54) is 18.2 Å². The molecule has 2 aromatic rings. The van der Waals surface area contributed by atoms with E-state index in [0.29, 0.717) is 6.54 Å².